The quantitative estimate of drug-likeness (QED) is 0.711. The first kappa shape index (κ1) is 16.8. The summed E-state index contributed by atoms with van der Waals surface area (Å²) in [4.78, 5) is 16.0. The number of carbonyl (C=O) groups excluding carboxylic acids is 1. The summed E-state index contributed by atoms with van der Waals surface area (Å²) in [5.41, 5.74) is 0.620. The summed E-state index contributed by atoms with van der Waals surface area (Å²) in [6.07, 6.45) is 0. The highest BCUT2D eigenvalue weighted by atomic mass is 19.1. The lowest BCUT2D eigenvalue weighted by atomic mass is 10.2. The minimum absolute atomic E-state index is 0.0142. The molecule has 1 aliphatic rings. The van der Waals surface area contributed by atoms with E-state index < -0.39 is 5.91 Å². The van der Waals surface area contributed by atoms with Gasteiger partial charge in [-0.25, -0.2) is 4.39 Å². The van der Waals surface area contributed by atoms with Gasteiger partial charge in [0.05, 0.1) is 0 Å². The molecular weight excluding hydrogens is 357 g/mol. The van der Waals surface area contributed by atoms with Crippen LogP contribution in [0.25, 0.3) is 0 Å². The molecule has 138 valence electrons. The van der Waals surface area contributed by atoms with Gasteiger partial charge in [-0.1, -0.05) is 17.3 Å². The zero-order valence-corrected chi connectivity index (χ0v) is 14.0. The Labute approximate surface area is 152 Å². The number of benzene rings is 2. The largest absolute Gasteiger partial charge is 0.485 e. The molecule has 0 bridgehead atoms. The lowest BCUT2D eigenvalue weighted by Gasteiger charge is -2.04. The van der Waals surface area contributed by atoms with Crippen LogP contribution in [0.3, 0.4) is 0 Å². The van der Waals surface area contributed by atoms with Crippen LogP contribution in [0.2, 0.25) is 0 Å². The van der Waals surface area contributed by atoms with Crippen LogP contribution in [0.1, 0.15) is 22.1 Å². The zero-order chi connectivity index (χ0) is 18.6. The van der Waals surface area contributed by atoms with E-state index in [9.17, 15) is 9.18 Å². The van der Waals surface area contributed by atoms with E-state index in [1.54, 1.807) is 30.3 Å². The van der Waals surface area contributed by atoms with E-state index in [-0.39, 0.29) is 37.5 Å². The second-order valence-electron chi connectivity index (χ2n) is 5.63. The number of nitrogens with one attached hydrogen (secondary N) is 1. The number of nitrogens with zero attached hydrogens (tertiary/aromatic N) is 2. The first-order chi connectivity index (χ1) is 13.2. The van der Waals surface area contributed by atoms with E-state index in [1.165, 1.54) is 12.1 Å². The molecular formula is C18H14FN3O5. The third-order valence-corrected chi connectivity index (χ3v) is 3.72. The zero-order valence-electron chi connectivity index (χ0n) is 14.0. The molecule has 1 N–H and O–H groups in total. The van der Waals surface area contributed by atoms with Crippen LogP contribution in [-0.4, -0.2) is 22.8 Å². The molecule has 1 amide bonds. The van der Waals surface area contributed by atoms with E-state index in [2.05, 4.69) is 15.5 Å². The highest BCUT2D eigenvalue weighted by Gasteiger charge is 2.17. The Kier molecular flexibility index (Phi) is 4.56. The average molecular weight is 371 g/mol. The second kappa shape index (κ2) is 7.32. The summed E-state index contributed by atoms with van der Waals surface area (Å²) in [6, 6.07) is 11.1. The Morgan fingerprint density at radius 2 is 2.07 bits per heavy atom. The number of aromatic nitrogens is 2. The third kappa shape index (κ3) is 3.97. The van der Waals surface area contributed by atoms with Crippen molar-refractivity contribution in [3.63, 3.8) is 0 Å². The van der Waals surface area contributed by atoms with Gasteiger partial charge in [-0.3, -0.25) is 4.79 Å². The molecule has 3 aromatic rings. The standard InChI is InChI=1S/C18H14FN3O5/c19-12-3-1-2-11(6-12)8-20-17(23)18-21-16(22-27-18)9-24-13-4-5-14-15(7-13)26-10-25-14/h1-7H,8-10H2,(H,20,23). The van der Waals surface area contributed by atoms with Crippen molar-refractivity contribution in [1.29, 1.82) is 0 Å². The number of fused-ring (bicyclic) bond motifs is 1. The van der Waals surface area contributed by atoms with Crippen LogP contribution in [0.15, 0.2) is 47.0 Å². The lowest BCUT2D eigenvalue weighted by molar-refractivity contribution is 0.0907. The lowest BCUT2D eigenvalue weighted by Crippen LogP contribution is -2.23. The van der Waals surface area contributed by atoms with Gasteiger partial charge in [0.25, 0.3) is 0 Å². The molecule has 0 aliphatic carbocycles. The first-order valence-electron chi connectivity index (χ1n) is 8.05. The van der Waals surface area contributed by atoms with Crippen LogP contribution in [0.4, 0.5) is 4.39 Å². The maximum absolute atomic E-state index is 13.1. The van der Waals surface area contributed by atoms with Gasteiger partial charge in [-0.15, -0.1) is 0 Å². The summed E-state index contributed by atoms with van der Waals surface area (Å²) in [6.45, 7) is 0.333. The maximum atomic E-state index is 13.1. The predicted molar refractivity (Wildman–Crippen MR) is 88.8 cm³/mol. The van der Waals surface area contributed by atoms with Gasteiger partial charge in [-0.2, -0.15) is 4.98 Å². The smallest absolute Gasteiger partial charge is 0.316 e. The molecule has 0 atom stereocenters. The Hall–Kier alpha value is -3.62. The summed E-state index contributed by atoms with van der Waals surface area (Å²) in [5, 5.41) is 6.29. The molecule has 4 rings (SSSR count). The SMILES string of the molecule is O=C(NCc1cccc(F)c1)c1nc(COc2ccc3c(c2)OCO3)no1. The Bertz CT molecular complexity index is 975. The monoisotopic (exact) mass is 371 g/mol. The molecule has 0 saturated heterocycles. The third-order valence-electron chi connectivity index (χ3n) is 3.72. The van der Waals surface area contributed by atoms with E-state index in [4.69, 9.17) is 18.7 Å². The molecule has 0 spiro atoms. The van der Waals surface area contributed by atoms with Gasteiger partial charge in [0.15, 0.2) is 18.1 Å². The van der Waals surface area contributed by atoms with Crippen LogP contribution in [0.5, 0.6) is 17.2 Å². The minimum Gasteiger partial charge on any atom is -0.485 e. The van der Waals surface area contributed by atoms with Crippen molar-refractivity contribution >= 4 is 5.91 Å². The number of hydrogen-bond acceptors (Lipinski definition) is 7. The fourth-order valence-electron chi connectivity index (χ4n) is 2.42. The van der Waals surface area contributed by atoms with Crippen molar-refractivity contribution < 1.29 is 27.9 Å². The summed E-state index contributed by atoms with van der Waals surface area (Å²) in [7, 11) is 0. The van der Waals surface area contributed by atoms with Crippen LogP contribution >= 0.6 is 0 Å². The maximum Gasteiger partial charge on any atom is 0.316 e. The highest BCUT2D eigenvalue weighted by molar-refractivity contribution is 5.89. The van der Waals surface area contributed by atoms with Crippen molar-refractivity contribution in [3.8, 4) is 17.2 Å². The molecule has 2 heterocycles. The van der Waals surface area contributed by atoms with Gasteiger partial charge >= 0.3 is 11.8 Å². The second-order valence-corrected chi connectivity index (χ2v) is 5.63. The summed E-state index contributed by atoms with van der Waals surface area (Å²) < 4.78 is 34.1. The van der Waals surface area contributed by atoms with E-state index in [0.717, 1.165) is 0 Å². The number of rotatable bonds is 6. The van der Waals surface area contributed by atoms with Crippen molar-refractivity contribution in [1.82, 2.24) is 15.5 Å². The molecule has 1 aliphatic heterocycles. The van der Waals surface area contributed by atoms with Crippen LogP contribution in [-0.2, 0) is 13.2 Å². The molecule has 2 aromatic carbocycles. The van der Waals surface area contributed by atoms with Crippen LogP contribution < -0.4 is 19.5 Å². The predicted octanol–water partition coefficient (Wildman–Crippen LogP) is 2.45. The Morgan fingerprint density at radius 3 is 2.96 bits per heavy atom. The number of carbonyl (C=O) groups is 1. The molecule has 0 radical (unpaired) electrons. The van der Waals surface area contributed by atoms with E-state index >= 15 is 0 Å². The van der Waals surface area contributed by atoms with Gasteiger partial charge in [0.1, 0.15) is 11.6 Å². The highest BCUT2D eigenvalue weighted by Crippen LogP contribution is 2.35. The van der Waals surface area contributed by atoms with Crippen molar-refractivity contribution in [2.75, 3.05) is 6.79 Å². The van der Waals surface area contributed by atoms with Gasteiger partial charge in [-0.05, 0) is 29.8 Å². The molecule has 0 saturated carbocycles. The van der Waals surface area contributed by atoms with Crippen LogP contribution in [0, 0.1) is 5.82 Å². The summed E-state index contributed by atoms with van der Waals surface area (Å²) in [5.74, 6) is 0.876. The molecule has 0 fully saturated rings. The fourth-order valence-corrected chi connectivity index (χ4v) is 2.42. The first-order valence-corrected chi connectivity index (χ1v) is 8.05. The fraction of sp³-hybridized carbons (Fsp3) is 0.167. The Balaban J connectivity index is 1.32. The molecule has 8 nitrogen and oxygen atoms in total. The molecule has 1 aromatic heterocycles. The molecule has 9 heteroatoms. The normalized spacial score (nSPS) is 12.0. The van der Waals surface area contributed by atoms with Crippen molar-refractivity contribution in [2.24, 2.45) is 0 Å². The minimum atomic E-state index is -0.555. The van der Waals surface area contributed by atoms with Crippen molar-refractivity contribution in [2.45, 2.75) is 13.2 Å². The number of ether oxygens (including phenoxy) is 3. The van der Waals surface area contributed by atoms with E-state index in [1.807, 2.05) is 0 Å². The van der Waals surface area contributed by atoms with Crippen molar-refractivity contribution in [3.05, 3.63) is 65.6 Å². The number of amides is 1. The number of hydrogen-bond donors (Lipinski definition) is 1. The van der Waals surface area contributed by atoms with Gasteiger partial charge in [0.2, 0.25) is 12.6 Å². The summed E-state index contributed by atoms with van der Waals surface area (Å²) >= 11 is 0. The molecule has 0 unspecified atom stereocenters. The van der Waals surface area contributed by atoms with E-state index in [0.29, 0.717) is 22.8 Å². The Morgan fingerprint density at radius 1 is 1.19 bits per heavy atom. The molecule has 27 heavy (non-hydrogen) atoms. The average Bonchev–Trinajstić information content (AvgIpc) is 3.33. The number of halogens is 1. The van der Waals surface area contributed by atoms with Gasteiger partial charge < -0.3 is 24.1 Å². The topological polar surface area (TPSA) is 95.7 Å². The van der Waals surface area contributed by atoms with Gasteiger partial charge in [0, 0.05) is 12.6 Å².